The van der Waals surface area contributed by atoms with Crippen LogP contribution in [0.25, 0.3) is 5.82 Å². The molecule has 4 bridgehead atoms. The lowest BCUT2D eigenvalue weighted by Gasteiger charge is -2.61. The highest BCUT2D eigenvalue weighted by Crippen LogP contribution is 2.60. The van der Waals surface area contributed by atoms with Crippen molar-refractivity contribution in [1.82, 2.24) is 45.3 Å². The zero-order valence-corrected chi connectivity index (χ0v) is 15.8. The number of rotatable bonds is 4. The number of hydrogen-bond donors (Lipinski definition) is 1. The first-order chi connectivity index (χ1) is 14.1. The predicted molar refractivity (Wildman–Crippen MR) is 99.8 cm³/mol. The predicted octanol–water partition coefficient (Wildman–Crippen LogP) is 1.13. The molecule has 4 aliphatic rings. The maximum atomic E-state index is 13.1. The van der Waals surface area contributed by atoms with Gasteiger partial charge in [0.25, 0.3) is 5.91 Å². The zero-order chi connectivity index (χ0) is 19.5. The molecule has 1 amide bonds. The van der Waals surface area contributed by atoms with E-state index >= 15 is 0 Å². The Hall–Kier alpha value is -3.17. The molecule has 2 unspecified atom stereocenters. The van der Waals surface area contributed by atoms with Crippen LogP contribution in [0.4, 0.5) is 0 Å². The fourth-order valence-electron chi connectivity index (χ4n) is 6.28. The first-order valence-electron chi connectivity index (χ1n) is 10.0. The van der Waals surface area contributed by atoms with Crippen LogP contribution < -0.4 is 5.32 Å². The SMILES string of the molecule is O=C(NC12C[C@H]3C[C@@H](C1)CC(n1ncnn1)(C3)C2)c1ccc(-n2cnnc2)nc1. The number of aromatic nitrogens is 8. The molecular formula is C19H21N9O. The first-order valence-corrected chi connectivity index (χ1v) is 10.0. The standard InChI is InChI=1S/C19H21N9O/c29-17(15-1-2-16(20-8-15)27-11-22-23-12-27)25-18-4-13-3-14(5-18)7-19(6-13,9-18)28-24-10-21-26-28/h1-2,8,10-14H,3-7,9H2,(H,25,29)/t13-,14+,18?,19?. The Morgan fingerprint density at radius 3 is 2.52 bits per heavy atom. The summed E-state index contributed by atoms with van der Waals surface area (Å²) in [4.78, 5) is 19.3. The van der Waals surface area contributed by atoms with Gasteiger partial charge in [0, 0.05) is 11.7 Å². The molecule has 7 rings (SSSR count). The smallest absolute Gasteiger partial charge is 0.253 e. The van der Waals surface area contributed by atoms with Gasteiger partial charge < -0.3 is 5.32 Å². The van der Waals surface area contributed by atoms with Gasteiger partial charge in [0.1, 0.15) is 18.5 Å². The van der Waals surface area contributed by atoms with Gasteiger partial charge in [-0.05, 0) is 67.7 Å². The highest BCUT2D eigenvalue weighted by molar-refractivity contribution is 5.94. The molecular weight excluding hydrogens is 370 g/mol. The van der Waals surface area contributed by atoms with E-state index in [0.29, 0.717) is 23.2 Å². The van der Waals surface area contributed by atoms with Crippen molar-refractivity contribution in [3.8, 4) is 5.82 Å². The monoisotopic (exact) mass is 391 g/mol. The summed E-state index contributed by atoms with van der Waals surface area (Å²) in [6, 6.07) is 3.60. The molecule has 4 saturated carbocycles. The van der Waals surface area contributed by atoms with Gasteiger partial charge in [-0.15, -0.1) is 20.4 Å². The molecule has 0 spiro atoms. The minimum Gasteiger partial charge on any atom is -0.346 e. The largest absolute Gasteiger partial charge is 0.346 e. The van der Waals surface area contributed by atoms with Crippen LogP contribution in [0.1, 0.15) is 48.9 Å². The molecule has 3 aromatic rings. The second-order valence-electron chi connectivity index (χ2n) is 8.92. The molecule has 29 heavy (non-hydrogen) atoms. The number of nitrogens with one attached hydrogen (secondary N) is 1. The van der Waals surface area contributed by atoms with Crippen molar-refractivity contribution in [2.45, 2.75) is 49.6 Å². The van der Waals surface area contributed by atoms with Crippen LogP contribution in [0, 0.1) is 11.8 Å². The highest BCUT2D eigenvalue weighted by atomic mass is 16.1. The number of carbonyl (C=O) groups excluding carboxylic acids is 1. The van der Waals surface area contributed by atoms with E-state index in [0.717, 1.165) is 32.1 Å². The van der Waals surface area contributed by atoms with Crippen molar-refractivity contribution in [3.05, 3.63) is 42.9 Å². The summed E-state index contributed by atoms with van der Waals surface area (Å²) in [5, 5.41) is 23.5. The lowest BCUT2D eigenvalue weighted by atomic mass is 9.50. The molecule has 3 aromatic heterocycles. The molecule has 1 N–H and O–H groups in total. The molecule has 0 radical (unpaired) electrons. The van der Waals surface area contributed by atoms with Crippen LogP contribution in [0.2, 0.25) is 0 Å². The molecule has 0 aromatic carbocycles. The number of carbonyl (C=O) groups is 1. The van der Waals surface area contributed by atoms with Crippen molar-refractivity contribution in [2.75, 3.05) is 0 Å². The fraction of sp³-hybridized carbons (Fsp3) is 0.526. The van der Waals surface area contributed by atoms with Crippen molar-refractivity contribution >= 4 is 5.91 Å². The summed E-state index contributed by atoms with van der Waals surface area (Å²) in [7, 11) is 0. The van der Waals surface area contributed by atoms with Crippen LogP contribution in [-0.2, 0) is 5.54 Å². The van der Waals surface area contributed by atoms with Crippen molar-refractivity contribution in [2.24, 2.45) is 11.8 Å². The van der Waals surface area contributed by atoms with Crippen LogP contribution >= 0.6 is 0 Å². The zero-order valence-electron chi connectivity index (χ0n) is 15.8. The average molecular weight is 391 g/mol. The van der Waals surface area contributed by atoms with Crippen molar-refractivity contribution < 1.29 is 4.79 Å². The maximum absolute atomic E-state index is 13.1. The summed E-state index contributed by atoms with van der Waals surface area (Å²) < 4.78 is 1.70. The third-order valence-electron chi connectivity index (χ3n) is 6.88. The number of pyridine rings is 1. The normalized spacial score (nSPS) is 32.4. The first kappa shape index (κ1) is 16.8. The second-order valence-corrected chi connectivity index (χ2v) is 8.92. The minimum atomic E-state index is -0.207. The van der Waals surface area contributed by atoms with Gasteiger partial charge in [-0.2, -0.15) is 4.80 Å². The van der Waals surface area contributed by atoms with Gasteiger partial charge in [-0.3, -0.25) is 9.36 Å². The topological polar surface area (TPSA) is 116 Å². The number of amides is 1. The molecule has 4 atom stereocenters. The summed E-state index contributed by atoms with van der Waals surface area (Å²) in [5.41, 5.74) is 0.233. The highest BCUT2D eigenvalue weighted by Gasteiger charge is 2.60. The molecule has 3 heterocycles. The van der Waals surface area contributed by atoms with E-state index in [1.807, 2.05) is 0 Å². The van der Waals surface area contributed by atoms with Crippen LogP contribution in [0.3, 0.4) is 0 Å². The second kappa shape index (κ2) is 5.91. The Bertz CT molecular complexity index is 1010. The van der Waals surface area contributed by atoms with Gasteiger partial charge >= 0.3 is 0 Å². The third kappa shape index (κ3) is 2.65. The van der Waals surface area contributed by atoms with E-state index < -0.39 is 0 Å². The Labute approximate surface area is 166 Å². The molecule has 148 valence electrons. The van der Waals surface area contributed by atoms with Gasteiger partial charge in [0.2, 0.25) is 0 Å². The summed E-state index contributed by atoms with van der Waals surface area (Å²) >= 11 is 0. The number of nitrogens with zero attached hydrogens (tertiary/aromatic N) is 8. The minimum absolute atomic E-state index is 0.0727. The van der Waals surface area contributed by atoms with E-state index in [-0.39, 0.29) is 17.0 Å². The molecule has 0 aliphatic heterocycles. The lowest BCUT2D eigenvalue weighted by molar-refractivity contribution is -0.0810. The molecule has 4 fully saturated rings. The van der Waals surface area contributed by atoms with Crippen molar-refractivity contribution in [1.29, 1.82) is 0 Å². The molecule has 10 nitrogen and oxygen atoms in total. The molecule has 10 heteroatoms. The van der Waals surface area contributed by atoms with Crippen LogP contribution in [-0.4, -0.2) is 51.4 Å². The van der Waals surface area contributed by atoms with E-state index in [1.165, 1.54) is 12.7 Å². The van der Waals surface area contributed by atoms with Crippen molar-refractivity contribution in [3.63, 3.8) is 0 Å². The van der Waals surface area contributed by atoms with E-state index in [2.05, 4.69) is 35.9 Å². The fourth-order valence-corrected chi connectivity index (χ4v) is 6.28. The van der Waals surface area contributed by atoms with E-state index in [1.54, 1.807) is 40.3 Å². The molecule has 0 saturated heterocycles. The summed E-state index contributed by atoms with van der Waals surface area (Å²) in [6.45, 7) is 0. The Morgan fingerprint density at radius 2 is 1.86 bits per heavy atom. The Morgan fingerprint density at radius 1 is 1.07 bits per heavy atom. The van der Waals surface area contributed by atoms with E-state index in [9.17, 15) is 4.79 Å². The number of tetrazole rings is 1. The van der Waals surface area contributed by atoms with Gasteiger partial charge in [-0.1, -0.05) is 0 Å². The number of hydrogen-bond acceptors (Lipinski definition) is 7. The molecule has 4 aliphatic carbocycles. The lowest BCUT2D eigenvalue weighted by Crippen LogP contribution is -2.66. The van der Waals surface area contributed by atoms with Crippen LogP contribution in [0.5, 0.6) is 0 Å². The van der Waals surface area contributed by atoms with Gasteiger partial charge in [0.15, 0.2) is 6.33 Å². The maximum Gasteiger partial charge on any atom is 0.253 e. The van der Waals surface area contributed by atoms with Gasteiger partial charge in [-0.25, -0.2) is 4.98 Å². The summed E-state index contributed by atoms with van der Waals surface area (Å²) in [6.07, 6.45) is 12.6. The Balaban J connectivity index is 1.26. The average Bonchev–Trinajstić information content (AvgIpc) is 3.41. The van der Waals surface area contributed by atoms with Crippen LogP contribution in [0.15, 0.2) is 37.3 Å². The Kier molecular flexibility index (Phi) is 3.42. The summed E-state index contributed by atoms with van der Waals surface area (Å²) in [5.74, 6) is 1.79. The van der Waals surface area contributed by atoms with Gasteiger partial charge in [0.05, 0.1) is 11.1 Å². The quantitative estimate of drug-likeness (QED) is 0.708. The van der Waals surface area contributed by atoms with E-state index in [4.69, 9.17) is 0 Å². The third-order valence-corrected chi connectivity index (χ3v) is 6.88.